The molecule has 0 aromatic heterocycles. The average molecular weight is 430 g/mol. The maximum absolute atomic E-state index is 11.4. The number of benzene rings is 3. The zero-order valence-corrected chi connectivity index (χ0v) is 17.1. The average Bonchev–Trinajstić information content (AvgIpc) is 2.65. The molecule has 2 N–H and O–H groups in total. The quantitative estimate of drug-likeness (QED) is 0.465. The molecule has 3 aromatic rings. The van der Waals surface area contributed by atoms with Crippen LogP contribution in [0.1, 0.15) is 24.2 Å². The van der Waals surface area contributed by atoms with Gasteiger partial charge in [0.05, 0.1) is 10.0 Å². The molecule has 3 aromatic carbocycles. The molecule has 0 fully saturated rings. The van der Waals surface area contributed by atoms with Crippen molar-refractivity contribution in [2.75, 3.05) is 5.32 Å². The molecule has 0 bridgehead atoms. The zero-order valence-electron chi connectivity index (χ0n) is 15.6. The molecule has 3 rings (SSSR count). The second kappa shape index (κ2) is 8.55. The Morgan fingerprint density at radius 1 is 0.931 bits per heavy atom. The molecule has 0 aliphatic rings. The van der Waals surface area contributed by atoms with Crippen LogP contribution in [0.4, 0.5) is 5.69 Å². The number of phenolic OH excluding ortho intramolecular Hbond substituents is 1. The number of aromatic hydroxyl groups is 1. The number of anilines is 1. The van der Waals surface area contributed by atoms with Crippen LogP contribution in [-0.2, 0) is 4.79 Å². The maximum atomic E-state index is 11.4. The lowest BCUT2D eigenvalue weighted by molar-refractivity contribution is -0.114. The molecular weight excluding hydrogens is 413 g/mol. The highest BCUT2D eigenvalue weighted by Crippen LogP contribution is 2.41. The third-order valence-electron chi connectivity index (χ3n) is 4.11. The fraction of sp³-hybridized carbons (Fsp3) is 0.0909. The number of carbonyl (C=O) groups is 2. The standard InChI is InChI=1S/C22H17Cl2NO4/c1-12(26)14-3-5-15(6-4-14)18-11-17(7-8-21(18)28)29-22-19(23)9-16(10-20(22)24)25-13(2)27/h3-11,28H,1-2H3,(H,25,27). The van der Waals surface area contributed by atoms with E-state index in [0.29, 0.717) is 22.6 Å². The van der Waals surface area contributed by atoms with Crippen LogP contribution in [-0.4, -0.2) is 16.8 Å². The number of carbonyl (C=O) groups excluding carboxylic acids is 2. The van der Waals surface area contributed by atoms with Gasteiger partial charge in [0.2, 0.25) is 5.91 Å². The van der Waals surface area contributed by atoms with Crippen molar-refractivity contribution >= 4 is 40.6 Å². The SMILES string of the molecule is CC(=O)Nc1cc(Cl)c(Oc2ccc(O)c(-c3ccc(C(C)=O)cc3)c2)c(Cl)c1. The van der Waals surface area contributed by atoms with Crippen LogP contribution >= 0.6 is 23.2 Å². The van der Waals surface area contributed by atoms with Crippen molar-refractivity contribution in [1.82, 2.24) is 0 Å². The number of nitrogens with one attached hydrogen (secondary N) is 1. The summed E-state index contributed by atoms with van der Waals surface area (Å²) in [6.45, 7) is 2.87. The molecule has 0 saturated carbocycles. The number of ether oxygens (including phenoxy) is 1. The summed E-state index contributed by atoms with van der Waals surface area (Å²) in [7, 11) is 0. The number of hydrogen-bond donors (Lipinski definition) is 2. The van der Waals surface area contributed by atoms with Gasteiger partial charge in [-0.15, -0.1) is 0 Å². The lowest BCUT2D eigenvalue weighted by Crippen LogP contribution is -2.05. The summed E-state index contributed by atoms with van der Waals surface area (Å²) < 4.78 is 5.84. The summed E-state index contributed by atoms with van der Waals surface area (Å²) in [5.41, 5.74) is 2.28. The van der Waals surface area contributed by atoms with Crippen molar-refractivity contribution in [3.63, 3.8) is 0 Å². The summed E-state index contributed by atoms with van der Waals surface area (Å²) in [4.78, 5) is 22.6. The summed E-state index contributed by atoms with van der Waals surface area (Å²) in [5.74, 6) is 0.413. The summed E-state index contributed by atoms with van der Waals surface area (Å²) in [5, 5.41) is 13.3. The minimum absolute atomic E-state index is 0.0372. The number of rotatable bonds is 5. The number of Topliss-reactive ketones (excluding diaryl/α,β-unsaturated/α-hetero) is 1. The van der Waals surface area contributed by atoms with E-state index >= 15 is 0 Å². The third-order valence-corrected chi connectivity index (χ3v) is 4.67. The monoisotopic (exact) mass is 429 g/mol. The highest BCUT2D eigenvalue weighted by atomic mass is 35.5. The molecule has 0 atom stereocenters. The molecule has 1 amide bonds. The summed E-state index contributed by atoms with van der Waals surface area (Å²) >= 11 is 12.5. The predicted molar refractivity (Wildman–Crippen MR) is 114 cm³/mol. The number of amides is 1. The largest absolute Gasteiger partial charge is 0.507 e. The Kier molecular flexibility index (Phi) is 6.11. The first-order chi connectivity index (χ1) is 13.7. The van der Waals surface area contributed by atoms with E-state index < -0.39 is 0 Å². The zero-order chi connectivity index (χ0) is 21.1. The second-order valence-corrected chi connectivity index (χ2v) is 7.18. The van der Waals surface area contributed by atoms with Crippen LogP contribution in [0.5, 0.6) is 17.2 Å². The van der Waals surface area contributed by atoms with E-state index in [-0.39, 0.29) is 33.2 Å². The molecule has 0 unspecified atom stereocenters. The number of ketones is 1. The van der Waals surface area contributed by atoms with E-state index in [1.807, 2.05) is 0 Å². The van der Waals surface area contributed by atoms with Crippen LogP contribution in [0.15, 0.2) is 54.6 Å². The lowest BCUT2D eigenvalue weighted by Gasteiger charge is -2.13. The Morgan fingerprint density at radius 2 is 1.55 bits per heavy atom. The van der Waals surface area contributed by atoms with E-state index in [2.05, 4.69) is 5.32 Å². The molecule has 5 nitrogen and oxygen atoms in total. The molecule has 0 spiro atoms. The predicted octanol–water partition coefficient (Wildman–Crippen LogP) is 6.32. The molecule has 0 aliphatic carbocycles. The molecule has 0 radical (unpaired) electrons. The van der Waals surface area contributed by atoms with Gasteiger partial charge in [-0.25, -0.2) is 0 Å². The van der Waals surface area contributed by atoms with Crippen molar-refractivity contribution in [3.8, 4) is 28.4 Å². The van der Waals surface area contributed by atoms with E-state index in [1.165, 1.54) is 32.0 Å². The Hall–Kier alpha value is -3.02. The Bertz CT molecular complexity index is 1070. The van der Waals surface area contributed by atoms with Crippen LogP contribution in [0, 0.1) is 0 Å². The minimum Gasteiger partial charge on any atom is -0.507 e. The van der Waals surface area contributed by atoms with Gasteiger partial charge in [-0.3, -0.25) is 9.59 Å². The Labute approximate surface area is 177 Å². The topological polar surface area (TPSA) is 75.6 Å². The number of halogens is 2. The first kappa shape index (κ1) is 20.7. The van der Waals surface area contributed by atoms with Crippen molar-refractivity contribution in [1.29, 1.82) is 0 Å². The van der Waals surface area contributed by atoms with Crippen LogP contribution in [0.25, 0.3) is 11.1 Å². The van der Waals surface area contributed by atoms with Crippen LogP contribution in [0.3, 0.4) is 0 Å². The summed E-state index contributed by atoms with van der Waals surface area (Å²) in [6, 6.07) is 14.7. The van der Waals surface area contributed by atoms with Gasteiger partial charge in [0.25, 0.3) is 0 Å². The fourth-order valence-corrected chi connectivity index (χ4v) is 3.31. The first-order valence-corrected chi connectivity index (χ1v) is 9.39. The smallest absolute Gasteiger partial charge is 0.221 e. The van der Waals surface area contributed by atoms with Gasteiger partial charge in [0.15, 0.2) is 11.5 Å². The van der Waals surface area contributed by atoms with Crippen molar-refractivity contribution < 1.29 is 19.4 Å². The molecule has 7 heteroatoms. The van der Waals surface area contributed by atoms with E-state index in [0.717, 1.165) is 5.56 Å². The Morgan fingerprint density at radius 3 is 2.10 bits per heavy atom. The van der Waals surface area contributed by atoms with Gasteiger partial charge in [0.1, 0.15) is 11.5 Å². The van der Waals surface area contributed by atoms with Crippen molar-refractivity contribution in [2.24, 2.45) is 0 Å². The molecular formula is C22H17Cl2NO4. The molecule has 0 aliphatic heterocycles. The lowest BCUT2D eigenvalue weighted by atomic mass is 10.0. The van der Waals surface area contributed by atoms with Crippen molar-refractivity contribution in [3.05, 3.63) is 70.2 Å². The van der Waals surface area contributed by atoms with Crippen molar-refractivity contribution in [2.45, 2.75) is 13.8 Å². The first-order valence-electron chi connectivity index (χ1n) is 8.63. The van der Waals surface area contributed by atoms with Gasteiger partial charge in [0, 0.05) is 23.7 Å². The van der Waals surface area contributed by atoms with Gasteiger partial charge in [-0.1, -0.05) is 47.5 Å². The van der Waals surface area contributed by atoms with Crippen LogP contribution < -0.4 is 10.1 Å². The van der Waals surface area contributed by atoms with E-state index in [1.54, 1.807) is 36.4 Å². The second-order valence-electron chi connectivity index (χ2n) is 6.36. The van der Waals surface area contributed by atoms with Gasteiger partial charge in [-0.05, 0) is 42.8 Å². The fourth-order valence-electron chi connectivity index (χ4n) is 2.75. The molecule has 29 heavy (non-hydrogen) atoms. The maximum Gasteiger partial charge on any atom is 0.221 e. The highest BCUT2D eigenvalue weighted by Gasteiger charge is 2.14. The molecule has 0 saturated heterocycles. The molecule has 148 valence electrons. The highest BCUT2D eigenvalue weighted by molar-refractivity contribution is 6.37. The Balaban J connectivity index is 1.92. The number of hydrogen-bond acceptors (Lipinski definition) is 4. The van der Waals surface area contributed by atoms with Gasteiger partial charge >= 0.3 is 0 Å². The van der Waals surface area contributed by atoms with E-state index in [9.17, 15) is 14.7 Å². The van der Waals surface area contributed by atoms with Crippen LogP contribution in [0.2, 0.25) is 10.0 Å². The molecule has 0 heterocycles. The third kappa shape index (κ3) is 4.88. The van der Waals surface area contributed by atoms with E-state index in [4.69, 9.17) is 27.9 Å². The minimum atomic E-state index is -0.246. The normalized spacial score (nSPS) is 10.5. The van der Waals surface area contributed by atoms with Gasteiger partial charge in [-0.2, -0.15) is 0 Å². The summed E-state index contributed by atoms with van der Waals surface area (Å²) in [6.07, 6.45) is 0. The number of phenols is 1. The van der Waals surface area contributed by atoms with Gasteiger partial charge < -0.3 is 15.2 Å².